The topological polar surface area (TPSA) is 60.9 Å². The molecule has 1 aromatic rings. The van der Waals surface area contributed by atoms with E-state index in [4.69, 9.17) is 0 Å². The van der Waals surface area contributed by atoms with Crippen LogP contribution in [0.2, 0.25) is 0 Å². The molecule has 0 aliphatic carbocycles. The molecule has 0 aliphatic rings. The van der Waals surface area contributed by atoms with E-state index in [2.05, 4.69) is 15.1 Å². The van der Waals surface area contributed by atoms with Crippen LogP contribution >= 0.6 is 0 Å². The summed E-state index contributed by atoms with van der Waals surface area (Å²) in [6.07, 6.45) is 5.27. The molecule has 0 bridgehead atoms. The summed E-state index contributed by atoms with van der Waals surface area (Å²) in [5.74, 6) is 0. The quantitative estimate of drug-likeness (QED) is 0.601. The molecule has 6 heteroatoms. The van der Waals surface area contributed by atoms with Crippen molar-refractivity contribution in [2.45, 2.75) is 34.2 Å². The Bertz CT molecular complexity index is 576. The van der Waals surface area contributed by atoms with Gasteiger partial charge < -0.3 is 4.84 Å². The standard InChI is InChI=1S/C13H20N4O2/c1-6-10(2)7-14-17-9-12(4)16(13(17)18)8-11(3)15-19-5/h6-7,9H,8H2,1-5H3. The Labute approximate surface area is 112 Å². The molecule has 0 aromatic carbocycles. The number of hydrogen-bond donors (Lipinski definition) is 0. The maximum Gasteiger partial charge on any atom is 0.349 e. The van der Waals surface area contributed by atoms with Crippen LogP contribution in [0.3, 0.4) is 0 Å². The SMILES string of the molecule is CC=C(C)C=Nn1cc(C)n(CC(C)=NOC)c1=O. The average molecular weight is 264 g/mol. The van der Waals surface area contributed by atoms with E-state index in [-0.39, 0.29) is 5.69 Å². The van der Waals surface area contributed by atoms with Gasteiger partial charge in [0.05, 0.1) is 24.7 Å². The highest BCUT2D eigenvalue weighted by atomic mass is 16.6. The van der Waals surface area contributed by atoms with Crippen molar-refractivity contribution >= 4 is 11.9 Å². The van der Waals surface area contributed by atoms with Crippen LogP contribution in [0.1, 0.15) is 26.5 Å². The smallest absolute Gasteiger partial charge is 0.349 e. The van der Waals surface area contributed by atoms with Crippen LogP contribution in [0, 0.1) is 6.92 Å². The van der Waals surface area contributed by atoms with E-state index in [9.17, 15) is 4.79 Å². The van der Waals surface area contributed by atoms with Gasteiger partial charge in [0, 0.05) is 5.69 Å². The molecule has 6 nitrogen and oxygen atoms in total. The van der Waals surface area contributed by atoms with E-state index in [1.165, 1.54) is 11.8 Å². The van der Waals surface area contributed by atoms with Gasteiger partial charge in [-0.15, -0.1) is 0 Å². The summed E-state index contributed by atoms with van der Waals surface area (Å²) in [6, 6.07) is 0. The van der Waals surface area contributed by atoms with Gasteiger partial charge in [0.1, 0.15) is 7.11 Å². The molecule has 0 atom stereocenters. The molecule has 0 N–H and O–H groups in total. The van der Waals surface area contributed by atoms with E-state index in [0.717, 1.165) is 17.0 Å². The number of hydrogen-bond acceptors (Lipinski definition) is 4. The van der Waals surface area contributed by atoms with E-state index in [1.807, 2.05) is 26.8 Å². The molecule has 104 valence electrons. The molecule has 0 saturated heterocycles. The Morgan fingerprint density at radius 3 is 2.74 bits per heavy atom. The summed E-state index contributed by atoms with van der Waals surface area (Å²) < 4.78 is 2.92. The van der Waals surface area contributed by atoms with Crippen LogP contribution in [0.15, 0.2) is 32.9 Å². The molecule has 0 amide bonds. The van der Waals surface area contributed by atoms with E-state index in [0.29, 0.717) is 6.54 Å². The molecule has 1 rings (SSSR count). The zero-order valence-corrected chi connectivity index (χ0v) is 12.0. The van der Waals surface area contributed by atoms with Crippen molar-refractivity contribution in [3.63, 3.8) is 0 Å². The van der Waals surface area contributed by atoms with Crippen LogP contribution in [0.5, 0.6) is 0 Å². The largest absolute Gasteiger partial charge is 0.399 e. The van der Waals surface area contributed by atoms with Gasteiger partial charge in [-0.05, 0) is 33.3 Å². The van der Waals surface area contributed by atoms with Crippen molar-refractivity contribution in [1.82, 2.24) is 9.24 Å². The molecule has 0 saturated carbocycles. The fraction of sp³-hybridized carbons (Fsp3) is 0.462. The van der Waals surface area contributed by atoms with Crippen LogP contribution < -0.4 is 5.69 Å². The van der Waals surface area contributed by atoms with Crippen LogP contribution in [0.25, 0.3) is 0 Å². The Balaban J connectivity index is 3.05. The van der Waals surface area contributed by atoms with Gasteiger partial charge in [-0.25, -0.2) is 4.79 Å². The van der Waals surface area contributed by atoms with Gasteiger partial charge >= 0.3 is 5.69 Å². The zero-order chi connectivity index (χ0) is 14.4. The predicted octanol–water partition coefficient (Wildman–Crippen LogP) is 1.78. The minimum absolute atomic E-state index is 0.191. The molecule has 1 aromatic heterocycles. The number of rotatable bonds is 5. The minimum Gasteiger partial charge on any atom is -0.399 e. The number of aryl methyl sites for hydroxylation is 1. The maximum absolute atomic E-state index is 12.1. The molecule has 0 unspecified atom stereocenters. The zero-order valence-electron chi connectivity index (χ0n) is 12.0. The fourth-order valence-electron chi connectivity index (χ4n) is 1.49. The fourth-order valence-corrected chi connectivity index (χ4v) is 1.49. The van der Waals surface area contributed by atoms with Crippen LogP contribution in [-0.2, 0) is 11.4 Å². The van der Waals surface area contributed by atoms with Crippen molar-refractivity contribution in [2.75, 3.05) is 7.11 Å². The first-order chi connectivity index (χ1) is 8.99. The van der Waals surface area contributed by atoms with Crippen LogP contribution in [0.4, 0.5) is 0 Å². The summed E-state index contributed by atoms with van der Waals surface area (Å²) in [6.45, 7) is 7.90. The lowest BCUT2D eigenvalue weighted by atomic mass is 10.3. The second-order valence-electron chi connectivity index (χ2n) is 4.27. The Kier molecular flexibility index (Phi) is 5.29. The van der Waals surface area contributed by atoms with Crippen molar-refractivity contribution in [3.05, 3.63) is 34.0 Å². The number of nitrogens with zero attached hydrogens (tertiary/aromatic N) is 4. The highest BCUT2D eigenvalue weighted by Gasteiger charge is 2.08. The van der Waals surface area contributed by atoms with Gasteiger partial charge in [-0.1, -0.05) is 11.2 Å². The number of aromatic nitrogens is 2. The normalized spacial score (nSPS) is 13.3. The molecule has 19 heavy (non-hydrogen) atoms. The first-order valence-corrected chi connectivity index (χ1v) is 6.02. The average Bonchev–Trinajstić information content (AvgIpc) is 2.64. The third kappa shape index (κ3) is 3.94. The first-order valence-electron chi connectivity index (χ1n) is 6.02. The predicted molar refractivity (Wildman–Crippen MR) is 76.9 cm³/mol. The third-order valence-electron chi connectivity index (χ3n) is 2.64. The molecule has 0 radical (unpaired) electrons. The van der Waals surface area contributed by atoms with Gasteiger partial charge in [-0.3, -0.25) is 4.57 Å². The minimum atomic E-state index is -0.191. The first kappa shape index (κ1) is 14.9. The lowest BCUT2D eigenvalue weighted by Gasteiger charge is -2.02. The van der Waals surface area contributed by atoms with E-state index >= 15 is 0 Å². The second-order valence-corrected chi connectivity index (χ2v) is 4.27. The monoisotopic (exact) mass is 264 g/mol. The van der Waals surface area contributed by atoms with Crippen molar-refractivity contribution < 1.29 is 4.84 Å². The lowest BCUT2D eigenvalue weighted by Crippen LogP contribution is -2.25. The molecule has 0 spiro atoms. The van der Waals surface area contributed by atoms with Crippen molar-refractivity contribution in [1.29, 1.82) is 0 Å². The molecule has 0 aliphatic heterocycles. The molecular weight excluding hydrogens is 244 g/mol. The van der Waals surface area contributed by atoms with Gasteiger partial charge in [-0.2, -0.15) is 9.78 Å². The number of oxime groups is 1. The van der Waals surface area contributed by atoms with Crippen LogP contribution in [-0.4, -0.2) is 28.3 Å². The Morgan fingerprint density at radius 2 is 2.16 bits per heavy atom. The third-order valence-corrected chi connectivity index (χ3v) is 2.64. The van der Waals surface area contributed by atoms with Gasteiger partial charge in [0.25, 0.3) is 0 Å². The highest BCUT2D eigenvalue weighted by Crippen LogP contribution is 1.97. The summed E-state index contributed by atoms with van der Waals surface area (Å²) in [7, 11) is 1.48. The Hall–Kier alpha value is -2.11. The molecule has 1 heterocycles. The number of imidazole rings is 1. The summed E-state index contributed by atoms with van der Waals surface area (Å²) >= 11 is 0. The number of allylic oxidation sites excluding steroid dienone is 2. The van der Waals surface area contributed by atoms with E-state index < -0.39 is 0 Å². The summed E-state index contributed by atoms with van der Waals surface area (Å²) in [5, 5.41) is 7.93. The van der Waals surface area contributed by atoms with E-state index in [1.54, 1.807) is 23.9 Å². The highest BCUT2D eigenvalue weighted by molar-refractivity contribution is 5.81. The van der Waals surface area contributed by atoms with Gasteiger partial charge in [0.15, 0.2) is 0 Å². The van der Waals surface area contributed by atoms with Gasteiger partial charge in [0.2, 0.25) is 0 Å². The lowest BCUT2D eigenvalue weighted by molar-refractivity contribution is 0.212. The molecule has 0 fully saturated rings. The second kappa shape index (κ2) is 6.72. The molecular formula is C13H20N4O2. The van der Waals surface area contributed by atoms with Crippen molar-refractivity contribution in [3.8, 4) is 0 Å². The summed E-state index contributed by atoms with van der Waals surface area (Å²) in [5.41, 5.74) is 2.35. The van der Waals surface area contributed by atoms with Crippen molar-refractivity contribution in [2.24, 2.45) is 10.3 Å². The summed E-state index contributed by atoms with van der Waals surface area (Å²) in [4.78, 5) is 16.8. The maximum atomic E-state index is 12.1. The Morgan fingerprint density at radius 1 is 1.47 bits per heavy atom.